The lowest BCUT2D eigenvalue weighted by Gasteiger charge is -2.08. The number of carbonyl (C=O) groups is 1. The maximum atomic E-state index is 13.6. The first-order valence-corrected chi connectivity index (χ1v) is 8.13. The van der Waals surface area contributed by atoms with Crippen LogP contribution in [0.1, 0.15) is 29.5 Å². The van der Waals surface area contributed by atoms with E-state index in [1.165, 1.54) is 0 Å². The second kappa shape index (κ2) is 7.38. The summed E-state index contributed by atoms with van der Waals surface area (Å²) >= 11 is 0. The fourth-order valence-electron chi connectivity index (χ4n) is 2.71. The van der Waals surface area contributed by atoms with E-state index in [9.17, 15) is 13.6 Å². The summed E-state index contributed by atoms with van der Waals surface area (Å²) in [5, 5.41) is 2.65. The SMILES string of the molecule is CCCn1c(CCNC(=O)c2ccc(F)cc2F)nc2cccnc21. The van der Waals surface area contributed by atoms with Gasteiger partial charge in [-0.15, -0.1) is 0 Å². The van der Waals surface area contributed by atoms with Crippen LogP contribution in [-0.4, -0.2) is 27.0 Å². The van der Waals surface area contributed by atoms with Gasteiger partial charge in [-0.25, -0.2) is 18.7 Å². The zero-order valence-electron chi connectivity index (χ0n) is 13.8. The number of rotatable bonds is 6. The van der Waals surface area contributed by atoms with Gasteiger partial charge in [0.15, 0.2) is 5.65 Å². The summed E-state index contributed by atoms with van der Waals surface area (Å²) in [5.74, 6) is -1.35. The fourth-order valence-corrected chi connectivity index (χ4v) is 2.71. The molecule has 0 bridgehead atoms. The summed E-state index contributed by atoms with van der Waals surface area (Å²) in [7, 11) is 0. The Morgan fingerprint density at radius 3 is 2.88 bits per heavy atom. The number of imidazole rings is 1. The number of amides is 1. The molecule has 0 radical (unpaired) electrons. The Morgan fingerprint density at radius 2 is 2.12 bits per heavy atom. The molecule has 2 aromatic heterocycles. The van der Waals surface area contributed by atoms with Crippen LogP contribution in [0.5, 0.6) is 0 Å². The van der Waals surface area contributed by atoms with Crippen LogP contribution >= 0.6 is 0 Å². The van der Waals surface area contributed by atoms with Crippen LogP contribution < -0.4 is 5.32 Å². The molecule has 3 aromatic rings. The van der Waals surface area contributed by atoms with Crippen LogP contribution in [0.15, 0.2) is 36.5 Å². The number of fused-ring (bicyclic) bond motifs is 1. The zero-order chi connectivity index (χ0) is 17.8. The van der Waals surface area contributed by atoms with Gasteiger partial charge in [0.1, 0.15) is 23.0 Å². The van der Waals surface area contributed by atoms with Crippen molar-refractivity contribution in [3.05, 3.63) is 59.6 Å². The second-order valence-corrected chi connectivity index (χ2v) is 5.66. The van der Waals surface area contributed by atoms with E-state index >= 15 is 0 Å². The van der Waals surface area contributed by atoms with Crippen molar-refractivity contribution in [2.75, 3.05) is 6.54 Å². The molecular formula is C18H18F2N4O. The van der Waals surface area contributed by atoms with Gasteiger partial charge in [0.05, 0.1) is 5.56 Å². The standard InChI is InChI=1S/C18H18F2N4O/c1-2-10-24-16(23-15-4-3-8-21-17(15)24)7-9-22-18(25)13-6-5-12(19)11-14(13)20/h3-6,8,11H,2,7,9-10H2,1H3,(H,22,25). The first-order valence-electron chi connectivity index (χ1n) is 8.13. The molecule has 1 aromatic carbocycles. The summed E-state index contributed by atoms with van der Waals surface area (Å²) < 4.78 is 28.6. The van der Waals surface area contributed by atoms with Gasteiger partial charge in [0.2, 0.25) is 0 Å². The van der Waals surface area contributed by atoms with E-state index in [0.29, 0.717) is 19.0 Å². The highest BCUT2D eigenvalue weighted by Crippen LogP contribution is 2.15. The van der Waals surface area contributed by atoms with E-state index in [2.05, 4.69) is 22.2 Å². The number of aryl methyl sites for hydroxylation is 1. The van der Waals surface area contributed by atoms with Crippen LogP contribution in [0.4, 0.5) is 8.78 Å². The molecule has 5 nitrogen and oxygen atoms in total. The van der Waals surface area contributed by atoms with Crippen LogP contribution in [0.25, 0.3) is 11.2 Å². The zero-order valence-corrected chi connectivity index (χ0v) is 13.8. The number of pyridine rings is 1. The lowest BCUT2D eigenvalue weighted by atomic mass is 10.2. The maximum Gasteiger partial charge on any atom is 0.254 e. The number of halogens is 2. The molecule has 0 saturated heterocycles. The first-order chi connectivity index (χ1) is 12.1. The molecule has 0 fully saturated rings. The molecular weight excluding hydrogens is 326 g/mol. The van der Waals surface area contributed by atoms with Crippen molar-refractivity contribution in [3.8, 4) is 0 Å². The van der Waals surface area contributed by atoms with Crippen molar-refractivity contribution in [2.45, 2.75) is 26.3 Å². The number of nitrogens with one attached hydrogen (secondary N) is 1. The number of benzene rings is 1. The van der Waals surface area contributed by atoms with Crippen molar-refractivity contribution in [1.82, 2.24) is 19.9 Å². The van der Waals surface area contributed by atoms with Crippen LogP contribution in [0.2, 0.25) is 0 Å². The van der Waals surface area contributed by atoms with E-state index in [1.807, 2.05) is 16.7 Å². The van der Waals surface area contributed by atoms with E-state index in [1.54, 1.807) is 6.20 Å². The van der Waals surface area contributed by atoms with E-state index in [4.69, 9.17) is 0 Å². The largest absolute Gasteiger partial charge is 0.351 e. The van der Waals surface area contributed by atoms with Gasteiger partial charge in [-0.2, -0.15) is 0 Å². The van der Waals surface area contributed by atoms with Crippen LogP contribution in [0.3, 0.4) is 0 Å². The molecule has 0 atom stereocenters. The number of hydrogen-bond donors (Lipinski definition) is 1. The van der Waals surface area contributed by atoms with Crippen LogP contribution in [0, 0.1) is 11.6 Å². The van der Waals surface area contributed by atoms with Crippen molar-refractivity contribution < 1.29 is 13.6 Å². The maximum absolute atomic E-state index is 13.6. The lowest BCUT2D eigenvalue weighted by Crippen LogP contribution is -2.27. The molecule has 25 heavy (non-hydrogen) atoms. The van der Waals surface area contributed by atoms with Gasteiger partial charge in [0.25, 0.3) is 5.91 Å². The number of hydrogen-bond acceptors (Lipinski definition) is 3. The molecule has 0 unspecified atom stereocenters. The molecule has 1 N–H and O–H groups in total. The Morgan fingerprint density at radius 1 is 1.28 bits per heavy atom. The smallest absolute Gasteiger partial charge is 0.254 e. The van der Waals surface area contributed by atoms with E-state index in [0.717, 1.165) is 42.1 Å². The molecule has 0 aliphatic rings. The first kappa shape index (κ1) is 17.0. The van der Waals surface area contributed by atoms with Gasteiger partial charge in [-0.3, -0.25) is 4.79 Å². The highest BCUT2D eigenvalue weighted by Gasteiger charge is 2.14. The molecule has 7 heteroatoms. The molecule has 3 rings (SSSR count). The van der Waals surface area contributed by atoms with Crippen molar-refractivity contribution in [3.63, 3.8) is 0 Å². The average Bonchev–Trinajstić information content (AvgIpc) is 2.93. The Hall–Kier alpha value is -2.83. The third kappa shape index (κ3) is 3.65. The number of carbonyl (C=O) groups excluding carboxylic acids is 1. The summed E-state index contributed by atoms with van der Waals surface area (Å²) in [5.41, 5.74) is 1.45. The van der Waals surface area contributed by atoms with E-state index in [-0.39, 0.29) is 5.56 Å². The van der Waals surface area contributed by atoms with Gasteiger partial charge in [-0.05, 0) is 30.7 Å². The Labute approximate surface area is 143 Å². The highest BCUT2D eigenvalue weighted by atomic mass is 19.1. The minimum Gasteiger partial charge on any atom is -0.351 e. The minimum absolute atomic E-state index is 0.176. The Balaban J connectivity index is 1.70. The average molecular weight is 344 g/mol. The molecule has 0 spiro atoms. The summed E-state index contributed by atoms with van der Waals surface area (Å²) in [6, 6.07) is 6.61. The number of aromatic nitrogens is 3. The topological polar surface area (TPSA) is 59.8 Å². The van der Waals surface area contributed by atoms with Gasteiger partial charge in [-0.1, -0.05) is 6.92 Å². The van der Waals surface area contributed by atoms with E-state index < -0.39 is 17.5 Å². The molecule has 1 amide bonds. The molecule has 0 aliphatic carbocycles. The second-order valence-electron chi connectivity index (χ2n) is 5.66. The van der Waals surface area contributed by atoms with Crippen LogP contribution in [-0.2, 0) is 13.0 Å². The quantitative estimate of drug-likeness (QED) is 0.747. The summed E-state index contributed by atoms with van der Waals surface area (Å²) in [4.78, 5) is 21.0. The van der Waals surface area contributed by atoms with Gasteiger partial charge in [0, 0.05) is 31.8 Å². The predicted octanol–water partition coefficient (Wildman–Crippen LogP) is 3.09. The monoisotopic (exact) mass is 344 g/mol. The molecule has 130 valence electrons. The Bertz CT molecular complexity index is 907. The molecule has 0 saturated carbocycles. The summed E-state index contributed by atoms with van der Waals surface area (Å²) in [6.07, 6.45) is 3.14. The third-order valence-corrected chi connectivity index (χ3v) is 3.84. The fraction of sp³-hybridized carbons (Fsp3) is 0.278. The minimum atomic E-state index is -0.875. The summed E-state index contributed by atoms with van der Waals surface area (Å²) in [6.45, 7) is 3.14. The Kier molecular flexibility index (Phi) is 5.02. The highest BCUT2D eigenvalue weighted by molar-refractivity contribution is 5.94. The van der Waals surface area contributed by atoms with Crippen molar-refractivity contribution >= 4 is 17.1 Å². The normalized spacial score (nSPS) is 11.0. The van der Waals surface area contributed by atoms with Gasteiger partial charge < -0.3 is 9.88 Å². The third-order valence-electron chi connectivity index (χ3n) is 3.84. The lowest BCUT2D eigenvalue weighted by molar-refractivity contribution is 0.0950. The predicted molar refractivity (Wildman–Crippen MR) is 90.2 cm³/mol. The van der Waals surface area contributed by atoms with Gasteiger partial charge >= 0.3 is 0 Å². The molecule has 0 aliphatic heterocycles. The molecule has 2 heterocycles. The van der Waals surface area contributed by atoms with Crippen molar-refractivity contribution in [2.24, 2.45) is 0 Å². The van der Waals surface area contributed by atoms with Crippen molar-refractivity contribution in [1.29, 1.82) is 0 Å². The number of nitrogens with zero attached hydrogens (tertiary/aromatic N) is 3.